The third-order valence-corrected chi connectivity index (χ3v) is 4.53. The van der Waals surface area contributed by atoms with Crippen molar-refractivity contribution in [2.24, 2.45) is 0 Å². The summed E-state index contributed by atoms with van der Waals surface area (Å²) in [5.41, 5.74) is -1.09. The average molecular weight is 355 g/mol. The maximum atomic E-state index is 12.6. The lowest BCUT2D eigenvalue weighted by Crippen LogP contribution is -2.57. The predicted molar refractivity (Wildman–Crippen MR) is 95.6 cm³/mol. The molecule has 134 valence electrons. The van der Waals surface area contributed by atoms with Gasteiger partial charge in [0.2, 0.25) is 0 Å². The molecule has 2 rings (SSSR count). The summed E-state index contributed by atoms with van der Waals surface area (Å²) in [7, 11) is 0. The van der Waals surface area contributed by atoms with Crippen LogP contribution in [0.1, 0.15) is 27.7 Å². The van der Waals surface area contributed by atoms with E-state index in [-0.39, 0.29) is 11.4 Å². The van der Waals surface area contributed by atoms with Crippen molar-refractivity contribution >= 4 is 17.5 Å². The van der Waals surface area contributed by atoms with Crippen molar-refractivity contribution < 1.29 is 14.3 Å². The number of carbonyl (C=O) groups is 1. The summed E-state index contributed by atoms with van der Waals surface area (Å²) in [6.45, 7) is 11.6. The van der Waals surface area contributed by atoms with Crippen molar-refractivity contribution in [1.82, 2.24) is 10.2 Å². The highest BCUT2D eigenvalue weighted by molar-refractivity contribution is 6.30. The fraction of sp³-hybridized carbons (Fsp3) is 0.611. The van der Waals surface area contributed by atoms with Crippen molar-refractivity contribution in [3.05, 3.63) is 29.3 Å². The average Bonchev–Trinajstić information content (AvgIpc) is 2.55. The van der Waals surface area contributed by atoms with Gasteiger partial charge in [0.15, 0.2) is 5.60 Å². The van der Waals surface area contributed by atoms with Crippen molar-refractivity contribution in [3.63, 3.8) is 0 Å². The molecular formula is C18H27ClN2O3. The van der Waals surface area contributed by atoms with Crippen LogP contribution in [0.2, 0.25) is 5.02 Å². The second-order valence-electron chi connectivity index (χ2n) is 7.16. The Bertz CT molecular complexity index is 552. The molecule has 1 amide bonds. The molecule has 6 heteroatoms. The molecular weight excluding hydrogens is 328 g/mol. The summed E-state index contributed by atoms with van der Waals surface area (Å²) in [5, 5.41) is 3.66. The molecule has 0 radical (unpaired) electrons. The highest BCUT2D eigenvalue weighted by Crippen LogP contribution is 2.21. The maximum Gasteiger partial charge on any atom is 0.263 e. The molecule has 0 saturated carbocycles. The first-order valence-corrected chi connectivity index (χ1v) is 8.64. The maximum absolute atomic E-state index is 12.6. The first kappa shape index (κ1) is 19.0. The Kier molecular flexibility index (Phi) is 6.12. The molecule has 1 aromatic carbocycles. The minimum Gasteiger partial charge on any atom is -0.478 e. The Hall–Kier alpha value is -1.30. The van der Waals surface area contributed by atoms with Crippen molar-refractivity contribution in [2.45, 2.75) is 38.8 Å². The minimum atomic E-state index is -0.963. The molecule has 1 aliphatic rings. The van der Waals surface area contributed by atoms with Crippen LogP contribution in [0.4, 0.5) is 0 Å². The van der Waals surface area contributed by atoms with Gasteiger partial charge in [-0.2, -0.15) is 0 Å². The van der Waals surface area contributed by atoms with Gasteiger partial charge in [-0.25, -0.2) is 0 Å². The number of amides is 1. The van der Waals surface area contributed by atoms with Crippen LogP contribution >= 0.6 is 11.6 Å². The lowest BCUT2D eigenvalue weighted by Gasteiger charge is -2.41. The largest absolute Gasteiger partial charge is 0.478 e. The predicted octanol–water partition coefficient (Wildman–Crippen LogP) is 2.72. The van der Waals surface area contributed by atoms with Crippen molar-refractivity contribution in [3.8, 4) is 5.75 Å². The van der Waals surface area contributed by atoms with E-state index in [1.54, 1.807) is 38.1 Å². The molecule has 1 saturated heterocycles. The third kappa shape index (κ3) is 5.10. The summed E-state index contributed by atoms with van der Waals surface area (Å²) in [6.07, 6.45) is 0. The monoisotopic (exact) mass is 354 g/mol. The van der Waals surface area contributed by atoms with E-state index in [4.69, 9.17) is 21.1 Å². The SMILES string of the molecule is CC(C)(Oc1ccc(Cl)cc1)C(=O)NCC(C)(C)N1CCOCC1. The van der Waals surface area contributed by atoms with Gasteiger partial charge in [0.05, 0.1) is 13.2 Å². The van der Waals surface area contributed by atoms with Gasteiger partial charge in [-0.05, 0) is 52.0 Å². The number of halogens is 1. The lowest BCUT2D eigenvalue weighted by molar-refractivity contribution is -0.135. The third-order valence-electron chi connectivity index (χ3n) is 4.28. The lowest BCUT2D eigenvalue weighted by atomic mass is 10.0. The smallest absolute Gasteiger partial charge is 0.263 e. The molecule has 0 spiro atoms. The Morgan fingerprint density at radius 2 is 1.79 bits per heavy atom. The molecule has 0 atom stereocenters. The Balaban J connectivity index is 1.90. The number of morpholine rings is 1. The van der Waals surface area contributed by atoms with E-state index in [2.05, 4.69) is 24.1 Å². The highest BCUT2D eigenvalue weighted by atomic mass is 35.5. The standard InChI is InChI=1S/C18H27ClN2O3/c1-17(2,21-9-11-23-12-10-21)13-20-16(22)18(3,4)24-15-7-5-14(19)6-8-15/h5-8H,9-13H2,1-4H3,(H,20,22). The number of ether oxygens (including phenoxy) is 2. The Morgan fingerprint density at radius 3 is 2.38 bits per heavy atom. The van der Waals surface area contributed by atoms with E-state index in [1.165, 1.54) is 0 Å². The van der Waals surface area contributed by atoms with Gasteiger partial charge in [0, 0.05) is 30.2 Å². The van der Waals surface area contributed by atoms with Crippen LogP contribution in [-0.2, 0) is 9.53 Å². The second-order valence-corrected chi connectivity index (χ2v) is 7.60. The van der Waals surface area contributed by atoms with E-state index in [1.807, 2.05) is 0 Å². The van der Waals surface area contributed by atoms with E-state index >= 15 is 0 Å². The molecule has 0 unspecified atom stereocenters. The fourth-order valence-electron chi connectivity index (χ4n) is 2.63. The van der Waals surface area contributed by atoms with Gasteiger partial charge in [-0.15, -0.1) is 0 Å². The van der Waals surface area contributed by atoms with Crippen LogP contribution in [0.25, 0.3) is 0 Å². The van der Waals surface area contributed by atoms with Crippen LogP contribution in [-0.4, -0.2) is 54.8 Å². The quantitative estimate of drug-likeness (QED) is 0.853. The summed E-state index contributed by atoms with van der Waals surface area (Å²) in [6, 6.07) is 7.00. The van der Waals surface area contributed by atoms with Crippen molar-refractivity contribution in [2.75, 3.05) is 32.8 Å². The van der Waals surface area contributed by atoms with Crippen molar-refractivity contribution in [1.29, 1.82) is 0 Å². The van der Waals surface area contributed by atoms with Gasteiger partial charge < -0.3 is 14.8 Å². The number of hydrogen-bond acceptors (Lipinski definition) is 4. The van der Waals surface area contributed by atoms with Crippen LogP contribution < -0.4 is 10.1 Å². The summed E-state index contributed by atoms with van der Waals surface area (Å²) < 4.78 is 11.2. The molecule has 5 nitrogen and oxygen atoms in total. The molecule has 1 aromatic rings. The second kappa shape index (κ2) is 7.72. The topological polar surface area (TPSA) is 50.8 Å². The van der Waals surface area contributed by atoms with E-state index < -0.39 is 5.60 Å². The fourth-order valence-corrected chi connectivity index (χ4v) is 2.76. The summed E-state index contributed by atoms with van der Waals surface area (Å²) >= 11 is 5.87. The molecule has 1 fully saturated rings. The zero-order valence-electron chi connectivity index (χ0n) is 14.9. The zero-order valence-corrected chi connectivity index (χ0v) is 15.7. The van der Waals surface area contributed by atoms with Gasteiger partial charge in [0.25, 0.3) is 5.91 Å². The van der Waals surface area contributed by atoms with E-state index in [0.717, 1.165) is 26.3 Å². The van der Waals surface area contributed by atoms with Crippen LogP contribution in [0, 0.1) is 0 Å². The van der Waals surface area contributed by atoms with E-state index in [0.29, 0.717) is 17.3 Å². The van der Waals surface area contributed by atoms with Crippen LogP contribution in [0.15, 0.2) is 24.3 Å². The van der Waals surface area contributed by atoms with Crippen LogP contribution in [0.5, 0.6) is 5.75 Å². The summed E-state index contributed by atoms with van der Waals surface area (Å²) in [5.74, 6) is 0.478. The van der Waals surface area contributed by atoms with Gasteiger partial charge in [-0.3, -0.25) is 9.69 Å². The number of benzene rings is 1. The molecule has 24 heavy (non-hydrogen) atoms. The molecule has 1 aliphatic heterocycles. The summed E-state index contributed by atoms with van der Waals surface area (Å²) in [4.78, 5) is 14.9. The van der Waals surface area contributed by atoms with Gasteiger partial charge in [0.1, 0.15) is 5.75 Å². The van der Waals surface area contributed by atoms with Gasteiger partial charge >= 0.3 is 0 Å². The Labute approximate surface area is 149 Å². The molecule has 0 aliphatic carbocycles. The first-order valence-electron chi connectivity index (χ1n) is 8.26. The zero-order chi connectivity index (χ0) is 17.8. The number of nitrogens with one attached hydrogen (secondary N) is 1. The molecule has 1 N–H and O–H groups in total. The van der Waals surface area contributed by atoms with Gasteiger partial charge in [-0.1, -0.05) is 11.6 Å². The molecule has 0 bridgehead atoms. The number of carbonyl (C=O) groups excluding carboxylic acids is 1. The highest BCUT2D eigenvalue weighted by Gasteiger charge is 2.33. The van der Waals surface area contributed by atoms with E-state index in [9.17, 15) is 4.79 Å². The minimum absolute atomic E-state index is 0.129. The number of hydrogen-bond donors (Lipinski definition) is 1. The number of rotatable bonds is 6. The first-order chi connectivity index (χ1) is 11.2. The number of nitrogens with zero attached hydrogens (tertiary/aromatic N) is 1. The molecule has 0 aromatic heterocycles. The Morgan fingerprint density at radius 1 is 1.21 bits per heavy atom. The van der Waals surface area contributed by atoms with Crippen LogP contribution in [0.3, 0.4) is 0 Å². The normalized spacial score (nSPS) is 16.7. The molecule has 1 heterocycles.